The first-order valence-corrected chi connectivity index (χ1v) is 20.4. The number of hydrogen-bond donors (Lipinski definition) is 5. The van der Waals surface area contributed by atoms with Gasteiger partial charge in [0.2, 0.25) is 17.7 Å². The monoisotopic (exact) mass is 765 g/mol. The molecule has 0 saturated heterocycles. The maximum atomic E-state index is 13.4. The van der Waals surface area contributed by atoms with Crippen LogP contribution in [0.1, 0.15) is 137 Å². The molecular formula is C43H68N6O6. The minimum absolute atomic E-state index is 0.00594. The van der Waals surface area contributed by atoms with Crippen LogP contribution in [0.2, 0.25) is 0 Å². The first-order valence-electron chi connectivity index (χ1n) is 20.4. The van der Waals surface area contributed by atoms with E-state index in [0.717, 1.165) is 69.9 Å². The Balaban J connectivity index is 1.86. The summed E-state index contributed by atoms with van der Waals surface area (Å²) in [5.74, 6) is 1.53. The van der Waals surface area contributed by atoms with Gasteiger partial charge in [0.05, 0.1) is 6.54 Å². The van der Waals surface area contributed by atoms with Crippen molar-refractivity contribution in [2.24, 2.45) is 17.1 Å². The van der Waals surface area contributed by atoms with Crippen molar-refractivity contribution >= 4 is 35.5 Å². The predicted octanol–water partition coefficient (Wildman–Crippen LogP) is 6.22. The van der Waals surface area contributed by atoms with E-state index >= 15 is 0 Å². The molecule has 0 bridgehead atoms. The molecule has 306 valence electrons. The fourth-order valence-corrected chi connectivity index (χ4v) is 6.69. The molecule has 2 rings (SSSR count). The molecule has 0 aromatic rings. The van der Waals surface area contributed by atoms with Gasteiger partial charge < -0.3 is 31.9 Å². The lowest BCUT2D eigenvalue weighted by Crippen LogP contribution is -2.45. The van der Waals surface area contributed by atoms with Crippen LogP contribution in [-0.4, -0.2) is 72.1 Å². The van der Waals surface area contributed by atoms with Gasteiger partial charge in [-0.2, -0.15) is 0 Å². The number of nitrogens with two attached hydrogens (primary N) is 1. The van der Waals surface area contributed by atoms with Crippen molar-refractivity contribution in [3.8, 4) is 0 Å². The van der Waals surface area contributed by atoms with Crippen molar-refractivity contribution in [1.82, 2.24) is 26.2 Å². The summed E-state index contributed by atoms with van der Waals surface area (Å²) < 4.78 is 0. The largest absolute Gasteiger partial charge is 0.378 e. The van der Waals surface area contributed by atoms with Crippen LogP contribution in [0, 0.1) is 11.3 Å². The van der Waals surface area contributed by atoms with Gasteiger partial charge in [-0.3, -0.25) is 19.2 Å². The zero-order valence-corrected chi connectivity index (χ0v) is 34.1. The number of primary amides is 1. The second kappa shape index (κ2) is 25.6. The van der Waals surface area contributed by atoms with Crippen molar-refractivity contribution in [2.45, 2.75) is 149 Å². The van der Waals surface area contributed by atoms with E-state index in [1.807, 2.05) is 25.9 Å². The summed E-state index contributed by atoms with van der Waals surface area (Å²) in [6.45, 7) is 11.8. The van der Waals surface area contributed by atoms with E-state index in [4.69, 9.17) is 5.73 Å². The summed E-state index contributed by atoms with van der Waals surface area (Å²) in [7, 11) is 0. The minimum Gasteiger partial charge on any atom is -0.378 e. The van der Waals surface area contributed by atoms with E-state index in [0.29, 0.717) is 38.8 Å². The molecule has 1 unspecified atom stereocenters. The number of carbonyl (C=O) groups is 5. The molecule has 0 aromatic heterocycles. The average Bonchev–Trinajstić information content (AvgIpc) is 3.35. The van der Waals surface area contributed by atoms with Gasteiger partial charge in [-0.05, 0) is 62.0 Å². The number of allylic oxidation sites excluding steroid dienone is 6. The first-order chi connectivity index (χ1) is 26.2. The zero-order valence-electron chi connectivity index (χ0n) is 34.1. The van der Waals surface area contributed by atoms with E-state index in [2.05, 4.69) is 60.3 Å². The minimum atomic E-state index is -0.559. The number of nitrogens with zero attached hydrogens (tertiary/aromatic N) is 1. The van der Waals surface area contributed by atoms with Crippen molar-refractivity contribution in [3.63, 3.8) is 0 Å². The van der Waals surface area contributed by atoms with Crippen LogP contribution in [-0.2, 0) is 24.0 Å². The van der Waals surface area contributed by atoms with E-state index in [-0.39, 0.29) is 72.0 Å². The highest BCUT2D eigenvalue weighted by Crippen LogP contribution is 2.26. The fourth-order valence-electron chi connectivity index (χ4n) is 6.69. The van der Waals surface area contributed by atoms with Crippen molar-refractivity contribution in [1.29, 1.82) is 0 Å². The van der Waals surface area contributed by atoms with E-state index in [9.17, 15) is 28.8 Å². The lowest BCUT2D eigenvalue weighted by molar-refractivity contribution is -0.129. The van der Waals surface area contributed by atoms with Crippen LogP contribution in [0.3, 0.4) is 0 Å². The summed E-state index contributed by atoms with van der Waals surface area (Å²) in [5.41, 5.74) is 7.81. The number of carbonyl (C=O) groups excluding carboxylic acids is 6. The Bertz CT molecular complexity index is 1450. The van der Waals surface area contributed by atoms with Crippen molar-refractivity contribution in [2.75, 3.05) is 19.6 Å². The third-order valence-corrected chi connectivity index (χ3v) is 9.92. The Morgan fingerprint density at radius 3 is 2.35 bits per heavy atom. The van der Waals surface area contributed by atoms with Crippen LogP contribution in [0.15, 0.2) is 53.4 Å². The normalized spacial score (nSPS) is 15.9. The Morgan fingerprint density at radius 1 is 0.909 bits per heavy atom. The molecule has 3 atom stereocenters. The summed E-state index contributed by atoms with van der Waals surface area (Å²) >= 11 is 0. The first kappa shape index (κ1) is 46.7. The number of hydrogen-bond acceptors (Lipinski definition) is 7. The topological polar surface area (TPSA) is 180 Å². The Kier molecular flexibility index (Phi) is 21.7. The standard InChI is InChI=1S/C43H68N6O6/c1-6-32(2)38(48-39(52)21-12-8-7-9-14-26-49-36(31-50)20-16-22-41(49)54)28-40(53)47-35(18-11-10-13-25-45-42(44)55)27-37(51)30-46-34-19-15-17-33(23-24-34)29-43(3,4)5/h16-17,19-20,23-24,32,35,38,46H,6-15,18,21-22,25-30H2,1-5H3,(H,47,53)(H,48,52)(H3,44,45,55)/t32?,35-,38+/m1/s1. The summed E-state index contributed by atoms with van der Waals surface area (Å²) in [5, 5.41) is 12.1. The third-order valence-electron chi connectivity index (χ3n) is 9.92. The maximum Gasteiger partial charge on any atom is 0.312 e. The van der Waals surface area contributed by atoms with Gasteiger partial charge in [0, 0.05) is 56.6 Å². The Labute approximate surface area is 329 Å². The molecule has 0 fully saturated rings. The molecule has 12 nitrogen and oxygen atoms in total. The lowest BCUT2D eigenvalue weighted by Gasteiger charge is -2.26. The molecule has 0 spiro atoms. The molecule has 0 radical (unpaired) electrons. The van der Waals surface area contributed by atoms with Crippen LogP contribution < -0.4 is 27.0 Å². The summed E-state index contributed by atoms with van der Waals surface area (Å²) in [4.78, 5) is 75.3. The van der Waals surface area contributed by atoms with E-state index in [1.165, 1.54) is 10.5 Å². The quantitative estimate of drug-likeness (QED) is 0.0512. The number of unbranched alkanes of at least 4 members (excludes halogenated alkanes) is 6. The van der Waals surface area contributed by atoms with E-state index in [1.54, 1.807) is 12.2 Å². The summed E-state index contributed by atoms with van der Waals surface area (Å²) in [6, 6.07) is -1.25. The van der Waals surface area contributed by atoms with E-state index < -0.39 is 6.03 Å². The number of rotatable bonds is 26. The van der Waals surface area contributed by atoms with Gasteiger partial charge in [-0.1, -0.05) is 103 Å². The second-order valence-electron chi connectivity index (χ2n) is 16.2. The molecular weight excluding hydrogens is 697 g/mol. The van der Waals surface area contributed by atoms with Crippen LogP contribution >= 0.6 is 0 Å². The number of urea groups is 1. The molecule has 1 aliphatic heterocycles. The molecule has 6 N–H and O–H groups in total. The van der Waals surface area contributed by atoms with Gasteiger partial charge in [0.15, 0.2) is 11.7 Å². The molecule has 2 aliphatic rings. The van der Waals surface area contributed by atoms with Crippen molar-refractivity contribution in [3.05, 3.63) is 53.4 Å². The van der Waals surface area contributed by atoms with Crippen molar-refractivity contribution < 1.29 is 28.8 Å². The number of amides is 5. The molecule has 55 heavy (non-hydrogen) atoms. The van der Waals surface area contributed by atoms with Gasteiger partial charge >= 0.3 is 6.03 Å². The SMILES string of the molecule is CCC(C)[C@H](CC(=O)N[C@H](CCCCCNC(N)=O)CC(=O)CNC1=CCC=C(CC(C)(C)C)C=C1)NC(=O)CCCCCCCN1C(=O)CC=CC1=C=O. The second-order valence-corrected chi connectivity index (χ2v) is 16.2. The highest BCUT2D eigenvalue weighted by Gasteiger charge is 2.24. The van der Waals surface area contributed by atoms with Gasteiger partial charge in [-0.15, -0.1) is 0 Å². The molecule has 5 amide bonds. The lowest BCUT2D eigenvalue weighted by atomic mass is 9.87. The van der Waals surface area contributed by atoms with Gasteiger partial charge in [0.25, 0.3) is 0 Å². The molecule has 12 heteroatoms. The van der Waals surface area contributed by atoms with Gasteiger partial charge in [-0.25, -0.2) is 9.59 Å². The molecule has 1 heterocycles. The van der Waals surface area contributed by atoms with Crippen LogP contribution in [0.4, 0.5) is 4.79 Å². The Hall–Kier alpha value is -4.44. The molecule has 0 aromatic carbocycles. The van der Waals surface area contributed by atoms with Crippen LogP contribution in [0.5, 0.6) is 0 Å². The molecule has 0 saturated carbocycles. The van der Waals surface area contributed by atoms with Gasteiger partial charge in [0.1, 0.15) is 5.70 Å². The number of ketones is 1. The highest BCUT2D eigenvalue weighted by molar-refractivity contribution is 5.85. The predicted molar refractivity (Wildman–Crippen MR) is 218 cm³/mol. The van der Waals surface area contributed by atoms with Crippen LogP contribution in [0.25, 0.3) is 0 Å². The fraction of sp³-hybridized carbons (Fsp3) is 0.651. The average molecular weight is 765 g/mol. The molecule has 1 aliphatic carbocycles. The zero-order chi connectivity index (χ0) is 40.6. The maximum absolute atomic E-state index is 13.4. The third kappa shape index (κ3) is 20.7. The highest BCUT2D eigenvalue weighted by atomic mass is 16.2. The Morgan fingerprint density at radius 2 is 1.64 bits per heavy atom. The smallest absolute Gasteiger partial charge is 0.312 e. The number of Topliss-reactive ketones (excluding diaryl/α,β-unsaturated/α-hetero) is 1. The number of nitrogens with one attached hydrogen (secondary N) is 4. The summed E-state index contributed by atoms with van der Waals surface area (Å²) in [6.07, 6.45) is 22.3.